The molecule has 114 valence electrons. The van der Waals surface area contributed by atoms with Gasteiger partial charge in [-0.05, 0) is 37.8 Å². The summed E-state index contributed by atoms with van der Waals surface area (Å²) in [6.45, 7) is 4.66. The molecule has 0 saturated carbocycles. The van der Waals surface area contributed by atoms with Crippen LogP contribution >= 0.6 is 0 Å². The lowest BCUT2D eigenvalue weighted by Gasteiger charge is -2.38. The van der Waals surface area contributed by atoms with Crippen molar-refractivity contribution in [2.75, 3.05) is 18.1 Å². The number of hydrogen-bond acceptors (Lipinski definition) is 5. The highest BCUT2D eigenvalue weighted by Crippen LogP contribution is 2.27. The molecule has 0 aliphatic carbocycles. The highest BCUT2D eigenvalue weighted by atomic mass is 16.5. The molecule has 0 spiro atoms. The molecule has 0 radical (unpaired) electrons. The van der Waals surface area contributed by atoms with Gasteiger partial charge >= 0.3 is 11.9 Å². The van der Waals surface area contributed by atoms with Crippen LogP contribution in [0.15, 0.2) is 18.3 Å². The first-order chi connectivity index (χ1) is 10.0. The summed E-state index contributed by atoms with van der Waals surface area (Å²) in [6, 6.07) is 2.73. The van der Waals surface area contributed by atoms with Crippen LogP contribution in [0.3, 0.4) is 0 Å². The maximum Gasteiger partial charge on any atom is 0.339 e. The zero-order chi connectivity index (χ0) is 15.4. The van der Waals surface area contributed by atoms with Crippen LogP contribution in [-0.2, 0) is 9.53 Å². The van der Waals surface area contributed by atoms with E-state index >= 15 is 0 Å². The number of ether oxygens (including phenoxy) is 1. The first kappa shape index (κ1) is 15.3. The molecule has 2 atom stereocenters. The van der Waals surface area contributed by atoms with Crippen molar-refractivity contribution in [1.29, 1.82) is 0 Å². The molecule has 2 rings (SSSR count). The Morgan fingerprint density at radius 3 is 2.81 bits per heavy atom. The number of pyridine rings is 1. The SMILES string of the molecule is CCOC(=O)c1ccc(N2CCCC(C)C2C(=O)O)nc1. The molecule has 1 fully saturated rings. The highest BCUT2D eigenvalue weighted by molar-refractivity contribution is 5.89. The normalized spacial score (nSPS) is 21.9. The number of rotatable bonds is 4. The van der Waals surface area contributed by atoms with Crippen LogP contribution in [0.25, 0.3) is 0 Å². The first-order valence-electron chi connectivity index (χ1n) is 7.17. The lowest BCUT2D eigenvalue weighted by molar-refractivity contribution is -0.140. The van der Waals surface area contributed by atoms with Gasteiger partial charge in [0.05, 0.1) is 12.2 Å². The lowest BCUT2D eigenvalue weighted by atomic mass is 9.91. The Bertz CT molecular complexity index is 515. The Morgan fingerprint density at radius 1 is 1.48 bits per heavy atom. The van der Waals surface area contributed by atoms with Crippen LogP contribution in [-0.4, -0.2) is 41.2 Å². The number of carbonyl (C=O) groups excluding carboxylic acids is 1. The van der Waals surface area contributed by atoms with Crippen molar-refractivity contribution in [3.8, 4) is 0 Å². The van der Waals surface area contributed by atoms with E-state index in [0.717, 1.165) is 12.8 Å². The molecular formula is C15H20N2O4. The van der Waals surface area contributed by atoms with Crippen LogP contribution in [0.1, 0.15) is 37.0 Å². The summed E-state index contributed by atoms with van der Waals surface area (Å²) in [5.41, 5.74) is 0.373. The number of carboxylic acid groups (broad SMARTS) is 1. The monoisotopic (exact) mass is 292 g/mol. The van der Waals surface area contributed by atoms with Crippen molar-refractivity contribution in [3.05, 3.63) is 23.9 Å². The molecule has 0 aromatic carbocycles. The summed E-state index contributed by atoms with van der Waals surface area (Å²) in [6.07, 6.45) is 3.27. The van der Waals surface area contributed by atoms with Crippen LogP contribution in [0, 0.1) is 5.92 Å². The van der Waals surface area contributed by atoms with E-state index in [1.165, 1.54) is 6.20 Å². The van der Waals surface area contributed by atoms with Crippen molar-refractivity contribution in [2.45, 2.75) is 32.7 Å². The molecule has 0 amide bonds. The van der Waals surface area contributed by atoms with E-state index in [0.29, 0.717) is 24.5 Å². The third-order valence-electron chi connectivity index (χ3n) is 3.74. The second kappa shape index (κ2) is 6.56. The Labute approximate surface area is 123 Å². The largest absolute Gasteiger partial charge is 0.480 e. The molecule has 1 N–H and O–H groups in total. The minimum absolute atomic E-state index is 0.0720. The van der Waals surface area contributed by atoms with E-state index in [1.807, 2.05) is 6.92 Å². The van der Waals surface area contributed by atoms with Gasteiger partial charge in [-0.15, -0.1) is 0 Å². The number of piperidine rings is 1. The van der Waals surface area contributed by atoms with Gasteiger partial charge in [0.15, 0.2) is 0 Å². The number of esters is 1. The number of aliphatic carboxylic acids is 1. The van der Waals surface area contributed by atoms with E-state index in [-0.39, 0.29) is 5.92 Å². The van der Waals surface area contributed by atoms with E-state index in [1.54, 1.807) is 24.0 Å². The zero-order valence-electron chi connectivity index (χ0n) is 12.3. The molecule has 1 aliphatic rings. The van der Waals surface area contributed by atoms with Crippen molar-refractivity contribution < 1.29 is 19.4 Å². The smallest absolute Gasteiger partial charge is 0.339 e. The van der Waals surface area contributed by atoms with E-state index in [2.05, 4.69) is 4.98 Å². The van der Waals surface area contributed by atoms with Gasteiger partial charge in [-0.1, -0.05) is 6.92 Å². The molecule has 21 heavy (non-hydrogen) atoms. The van der Waals surface area contributed by atoms with Crippen LogP contribution < -0.4 is 4.90 Å². The molecule has 1 aliphatic heterocycles. The molecule has 0 bridgehead atoms. The Kier molecular flexibility index (Phi) is 4.77. The topological polar surface area (TPSA) is 79.7 Å². The maximum atomic E-state index is 11.6. The van der Waals surface area contributed by atoms with Gasteiger partial charge in [0.1, 0.15) is 11.9 Å². The maximum absolute atomic E-state index is 11.6. The third kappa shape index (κ3) is 3.32. The fourth-order valence-electron chi connectivity index (χ4n) is 2.71. The average molecular weight is 292 g/mol. The van der Waals surface area contributed by atoms with Gasteiger partial charge in [-0.3, -0.25) is 0 Å². The molecule has 2 unspecified atom stereocenters. The highest BCUT2D eigenvalue weighted by Gasteiger charge is 2.34. The summed E-state index contributed by atoms with van der Waals surface area (Å²) in [5, 5.41) is 9.41. The second-order valence-electron chi connectivity index (χ2n) is 5.22. The van der Waals surface area contributed by atoms with E-state index in [9.17, 15) is 14.7 Å². The molecule has 6 heteroatoms. The Hall–Kier alpha value is -2.11. The Balaban J connectivity index is 2.20. The standard InChI is InChI=1S/C15H20N2O4/c1-3-21-15(20)11-6-7-12(16-9-11)17-8-4-5-10(2)13(17)14(18)19/h6-7,9-10,13H,3-5,8H2,1-2H3,(H,18,19). The van der Waals surface area contributed by atoms with Crippen molar-refractivity contribution >= 4 is 17.8 Å². The van der Waals surface area contributed by atoms with Gasteiger partial charge < -0.3 is 14.7 Å². The number of hydrogen-bond donors (Lipinski definition) is 1. The van der Waals surface area contributed by atoms with Gasteiger partial charge in [0.2, 0.25) is 0 Å². The summed E-state index contributed by atoms with van der Waals surface area (Å²) < 4.78 is 4.90. The van der Waals surface area contributed by atoms with Gasteiger partial charge in [0, 0.05) is 12.7 Å². The number of aromatic nitrogens is 1. The molecule has 2 heterocycles. The quantitative estimate of drug-likeness (QED) is 0.854. The first-order valence-corrected chi connectivity index (χ1v) is 7.17. The molecular weight excluding hydrogens is 272 g/mol. The van der Waals surface area contributed by atoms with Crippen molar-refractivity contribution in [2.24, 2.45) is 5.92 Å². The zero-order valence-corrected chi connectivity index (χ0v) is 12.3. The number of carboxylic acids is 1. The fourth-order valence-corrected chi connectivity index (χ4v) is 2.71. The predicted octanol–water partition coefficient (Wildman–Crippen LogP) is 1.95. The molecule has 1 saturated heterocycles. The summed E-state index contributed by atoms with van der Waals surface area (Å²) in [4.78, 5) is 29.1. The predicted molar refractivity (Wildman–Crippen MR) is 77.4 cm³/mol. The third-order valence-corrected chi connectivity index (χ3v) is 3.74. The molecule has 6 nitrogen and oxygen atoms in total. The Morgan fingerprint density at radius 2 is 2.24 bits per heavy atom. The van der Waals surface area contributed by atoms with Crippen LogP contribution in [0.5, 0.6) is 0 Å². The fraction of sp³-hybridized carbons (Fsp3) is 0.533. The van der Waals surface area contributed by atoms with E-state index < -0.39 is 18.0 Å². The second-order valence-corrected chi connectivity index (χ2v) is 5.22. The summed E-state index contributed by atoms with van der Waals surface area (Å²) in [5.74, 6) is -0.596. The molecule has 1 aromatic heterocycles. The van der Waals surface area contributed by atoms with Crippen molar-refractivity contribution in [3.63, 3.8) is 0 Å². The van der Waals surface area contributed by atoms with Gasteiger partial charge in [-0.2, -0.15) is 0 Å². The van der Waals surface area contributed by atoms with Gasteiger partial charge in [-0.25, -0.2) is 14.6 Å². The van der Waals surface area contributed by atoms with Crippen LogP contribution in [0.4, 0.5) is 5.82 Å². The number of carbonyl (C=O) groups is 2. The minimum Gasteiger partial charge on any atom is -0.480 e. The molecule has 1 aromatic rings. The number of anilines is 1. The summed E-state index contributed by atoms with van der Waals surface area (Å²) >= 11 is 0. The van der Waals surface area contributed by atoms with Crippen LogP contribution in [0.2, 0.25) is 0 Å². The van der Waals surface area contributed by atoms with E-state index in [4.69, 9.17) is 4.74 Å². The minimum atomic E-state index is -0.835. The lowest BCUT2D eigenvalue weighted by Crippen LogP contribution is -2.49. The number of nitrogens with zero attached hydrogens (tertiary/aromatic N) is 2. The van der Waals surface area contributed by atoms with Gasteiger partial charge in [0.25, 0.3) is 0 Å². The van der Waals surface area contributed by atoms with Crippen molar-refractivity contribution in [1.82, 2.24) is 4.98 Å². The average Bonchev–Trinajstić information content (AvgIpc) is 2.47. The summed E-state index contributed by atoms with van der Waals surface area (Å²) in [7, 11) is 0.